The summed E-state index contributed by atoms with van der Waals surface area (Å²) >= 11 is 0. The Morgan fingerprint density at radius 1 is 1.24 bits per heavy atom. The first-order valence-electron chi connectivity index (χ1n) is 8.83. The molecule has 1 aliphatic carbocycles. The van der Waals surface area contributed by atoms with E-state index in [0.29, 0.717) is 4.90 Å². The van der Waals surface area contributed by atoms with Crippen LogP contribution in [0.1, 0.15) is 43.7 Å². The number of sulfone groups is 1. The average Bonchev–Trinajstić information content (AvgIpc) is 3.03. The molecule has 7 heteroatoms. The lowest BCUT2D eigenvalue weighted by atomic mass is 10.00. The van der Waals surface area contributed by atoms with Crippen molar-refractivity contribution in [2.24, 2.45) is 0 Å². The van der Waals surface area contributed by atoms with Gasteiger partial charge in [0, 0.05) is 18.5 Å². The van der Waals surface area contributed by atoms with Crippen molar-refractivity contribution in [3.8, 4) is 0 Å². The van der Waals surface area contributed by atoms with Gasteiger partial charge in [-0.2, -0.15) is 0 Å². The predicted molar refractivity (Wildman–Crippen MR) is 101 cm³/mol. The Labute approximate surface area is 156 Å². The molecule has 1 saturated heterocycles. The van der Waals surface area contributed by atoms with Gasteiger partial charge in [0.15, 0.2) is 9.84 Å². The quantitative estimate of drug-likeness (QED) is 0.811. The van der Waals surface area contributed by atoms with Crippen LogP contribution in [-0.2, 0) is 27.5 Å². The summed E-state index contributed by atoms with van der Waals surface area (Å²) in [6.07, 6.45) is 5.06. The van der Waals surface area contributed by atoms with Crippen molar-refractivity contribution in [3.63, 3.8) is 0 Å². The maximum atomic E-state index is 12.5. The molecule has 1 fully saturated rings. The fourth-order valence-electron chi connectivity index (χ4n) is 3.61. The molecule has 2 aliphatic rings. The van der Waals surface area contributed by atoms with Gasteiger partial charge in [0.05, 0.1) is 10.6 Å². The number of nitrogens with one attached hydrogen (secondary N) is 2. The van der Waals surface area contributed by atoms with Gasteiger partial charge in [-0.3, -0.25) is 4.79 Å². The van der Waals surface area contributed by atoms with Crippen molar-refractivity contribution in [2.75, 3.05) is 12.3 Å². The number of hydrogen-bond acceptors (Lipinski definition) is 4. The van der Waals surface area contributed by atoms with Gasteiger partial charge in [0.1, 0.15) is 0 Å². The first-order valence-corrected chi connectivity index (χ1v) is 10.5. The monoisotopic (exact) mass is 386 g/mol. The van der Waals surface area contributed by atoms with Crippen LogP contribution in [-0.4, -0.2) is 38.7 Å². The lowest BCUT2D eigenvalue weighted by molar-refractivity contribution is -0.121. The summed E-state index contributed by atoms with van der Waals surface area (Å²) in [5, 5.41) is 6.29. The number of piperidine rings is 1. The largest absolute Gasteiger partial charge is 0.352 e. The van der Waals surface area contributed by atoms with Gasteiger partial charge in [-0.1, -0.05) is 6.07 Å². The number of halogens is 1. The van der Waals surface area contributed by atoms with E-state index in [2.05, 4.69) is 10.6 Å². The maximum absolute atomic E-state index is 12.5. The lowest BCUT2D eigenvalue weighted by Gasteiger charge is -2.30. The van der Waals surface area contributed by atoms with E-state index >= 15 is 0 Å². The van der Waals surface area contributed by atoms with Gasteiger partial charge in [-0.05, 0) is 68.8 Å². The zero-order chi connectivity index (χ0) is 17.2. The van der Waals surface area contributed by atoms with E-state index in [9.17, 15) is 13.2 Å². The summed E-state index contributed by atoms with van der Waals surface area (Å²) in [4.78, 5) is 12.5. The van der Waals surface area contributed by atoms with E-state index in [1.165, 1.54) is 5.56 Å². The number of aryl methyl sites for hydroxylation is 2. The molecular weight excluding hydrogens is 360 g/mol. The van der Waals surface area contributed by atoms with Crippen molar-refractivity contribution < 1.29 is 13.2 Å². The fraction of sp³-hybridized carbons (Fsp3) is 0.611. The molecule has 25 heavy (non-hydrogen) atoms. The molecule has 1 aromatic carbocycles. The molecule has 2 unspecified atom stereocenters. The predicted octanol–water partition coefficient (Wildman–Crippen LogP) is 2.02. The van der Waals surface area contributed by atoms with Crippen molar-refractivity contribution in [1.29, 1.82) is 0 Å². The minimum Gasteiger partial charge on any atom is -0.352 e. The summed E-state index contributed by atoms with van der Waals surface area (Å²) in [6, 6.07) is 5.72. The highest BCUT2D eigenvalue weighted by Crippen LogP contribution is 2.25. The van der Waals surface area contributed by atoms with Crippen molar-refractivity contribution in [3.05, 3.63) is 29.3 Å². The number of fused-ring (bicyclic) bond motifs is 1. The molecule has 1 aromatic rings. The molecule has 1 amide bonds. The maximum Gasteiger partial charge on any atom is 0.221 e. The van der Waals surface area contributed by atoms with E-state index in [-0.39, 0.29) is 42.6 Å². The van der Waals surface area contributed by atoms with E-state index in [1.54, 1.807) is 12.1 Å². The summed E-state index contributed by atoms with van der Waals surface area (Å²) < 4.78 is 25.0. The van der Waals surface area contributed by atoms with Gasteiger partial charge < -0.3 is 10.6 Å². The van der Waals surface area contributed by atoms with Gasteiger partial charge >= 0.3 is 0 Å². The molecule has 0 saturated carbocycles. The fourth-order valence-corrected chi connectivity index (χ4v) is 4.89. The van der Waals surface area contributed by atoms with Crippen LogP contribution in [0, 0.1) is 0 Å². The van der Waals surface area contributed by atoms with E-state index < -0.39 is 9.84 Å². The Bertz CT molecular complexity index is 721. The normalized spacial score (nSPS) is 22.8. The summed E-state index contributed by atoms with van der Waals surface area (Å²) in [7, 11) is -3.41. The smallest absolute Gasteiger partial charge is 0.221 e. The van der Waals surface area contributed by atoms with Gasteiger partial charge in [-0.15, -0.1) is 12.4 Å². The molecule has 3 rings (SSSR count). The molecule has 2 N–H and O–H groups in total. The second kappa shape index (κ2) is 8.52. The number of hydrogen-bond donors (Lipinski definition) is 2. The first-order chi connectivity index (χ1) is 11.5. The summed E-state index contributed by atoms with van der Waals surface area (Å²) in [5.41, 5.74) is 2.40. The number of carbonyl (C=O) groups excluding carboxylic acids is 1. The van der Waals surface area contributed by atoms with Crippen LogP contribution in [0.3, 0.4) is 0 Å². The molecule has 5 nitrogen and oxygen atoms in total. The topological polar surface area (TPSA) is 75.3 Å². The average molecular weight is 387 g/mol. The Balaban J connectivity index is 0.00000225. The Hall–Kier alpha value is -1.11. The minimum absolute atomic E-state index is 0. The second-order valence-corrected chi connectivity index (χ2v) is 9.02. The van der Waals surface area contributed by atoms with Crippen LogP contribution in [0.5, 0.6) is 0 Å². The molecule has 140 valence electrons. The Morgan fingerprint density at radius 3 is 2.76 bits per heavy atom. The van der Waals surface area contributed by atoms with E-state index in [1.807, 2.05) is 13.0 Å². The molecule has 1 aliphatic heterocycles. The van der Waals surface area contributed by atoms with Crippen LogP contribution in [0.2, 0.25) is 0 Å². The number of rotatable bonds is 5. The molecule has 2 atom stereocenters. The third-order valence-corrected chi connectivity index (χ3v) is 6.85. The molecule has 0 spiro atoms. The van der Waals surface area contributed by atoms with Gasteiger partial charge in [0.25, 0.3) is 0 Å². The molecule has 0 bridgehead atoms. The van der Waals surface area contributed by atoms with Crippen LogP contribution in [0.15, 0.2) is 23.1 Å². The number of carbonyl (C=O) groups is 1. The van der Waals surface area contributed by atoms with Crippen LogP contribution in [0.25, 0.3) is 0 Å². The highest BCUT2D eigenvalue weighted by atomic mass is 35.5. The van der Waals surface area contributed by atoms with Crippen molar-refractivity contribution in [1.82, 2.24) is 10.6 Å². The third kappa shape index (κ3) is 4.96. The SMILES string of the molecule is CC1NCCCC1NC(=O)CCS(=O)(=O)c1ccc2c(c1)CCC2.Cl. The summed E-state index contributed by atoms with van der Waals surface area (Å²) in [5.74, 6) is -0.313. The Morgan fingerprint density at radius 2 is 2.00 bits per heavy atom. The molecule has 1 heterocycles. The highest BCUT2D eigenvalue weighted by molar-refractivity contribution is 7.91. The lowest BCUT2D eigenvalue weighted by Crippen LogP contribution is -2.52. The summed E-state index contributed by atoms with van der Waals surface area (Å²) in [6.45, 7) is 3.02. The Kier molecular flexibility index (Phi) is 6.88. The van der Waals surface area contributed by atoms with Crippen LogP contribution >= 0.6 is 12.4 Å². The third-order valence-electron chi connectivity index (χ3n) is 5.14. The highest BCUT2D eigenvalue weighted by Gasteiger charge is 2.24. The number of benzene rings is 1. The minimum atomic E-state index is -3.41. The zero-order valence-electron chi connectivity index (χ0n) is 14.6. The van der Waals surface area contributed by atoms with E-state index in [0.717, 1.165) is 44.2 Å². The van der Waals surface area contributed by atoms with E-state index in [4.69, 9.17) is 0 Å². The van der Waals surface area contributed by atoms with Gasteiger partial charge in [0.2, 0.25) is 5.91 Å². The molecular formula is C18H27ClN2O3S. The van der Waals surface area contributed by atoms with Crippen molar-refractivity contribution >= 4 is 28.2 Å². The van der Waals surface area contributed by atoms with Gasteiger partial charge in [-0.25, -0.2) is 8.42 Å². The standard InChI is InChI=1S/C18H26N2O3S.ClH/c1-13-17(6-3-10-19-13)20-18(21)9-11-24(22,23)16-8-7-14-4-2-5-15(14)12-16;/h7-8,12-13,17,19H,2-6,9-11H2,1H3,(H,20,21);1H. The molecule has 0 aromatic heterocycles. The molecule has 0 radical (unpaired) electrons. The van der Waals surface area contributed by atoms with Crippen molar-refractivity contribution in [2.45, 2.75) is 62.4 Å². The first kappa shape index (κ1) is 20.2. The zero-order valence-corrected chi connectivity index (χ0v) is 16.2. The number of amides is 1. The van der Waals surface area contributed by atoms with Crippen LogP contribution < -0.4 is 10.6 Å². The van der Waals surface area contributed by atoms with Crippen LogP contribution in [0.4, 0.5) is 0 Å². The second-order valence-electron chi connectivity index (χ2n) is 6.91.